The number of rotatable bonds is 8. The van der Waals surface area contributed by atoms with Crippen molar-refractivity contribution >= 4 is 0 Å². The molecule has 180 valence electrons. The lowest BCUT2D eigenvalue weighted by Gasteiger charge is -2.42. The van der Waals surface area contributed by atoms with Crippen molar-refractivity contribution in [1.29, 1.82) is 0 Å². The van der Waals surface area contributed by atoms with Crippen LogP contribution in [0.1, 0.15) is 5.56 Å². The topological polar surface area (TPSA) is 179 Å². The van der Waals surface area contributed by atoms with Gasteiger partial charge in [-0.2, -0.15) is 0 Å². The summed E-state index contributed by atoms with van der Waals surface area (Å²) in [6.07, 6.45) is -12.2. The fraction of sp³-hybridized carbons (Fsp3) is 0.619. The zero-order chi connectivity index (χ0) is 23.4. The van der Waals surface area contributed by atoms with Crippen LogP contribution in [0.5, 0.6) is 5.75 Å². The molecule has 10 atom stereocenters. The lowest BCUT2D eigenvalue weighted by atomic mass is 9.98. The number of ether oxygens (including phenoxy) is 4. The van der Waals surface area contributed by atoms with Gasteiger partial charge in [-0.3, -0.25) is 0 Å². The van der Waals surface area contributed by atoms with Crippen molar-refractivity contribution in [2.24, 2.45) is 0 Å². The fourth-order valence-electron chi connectivity index (χ4n) is 3.55. The van der Waals surface area contributed by atoms with Crippen molar-refractivity contribution in [1.82, 2.24) is 0 Å². The van der Waals surface area contributed by atoms with Gasteiger partial charge in [-0.25, -0.2) is 0 Å². The molecule has 2 aliphatic heterocycles. The van der Waals surface area contributed by atoms with E-state index < -0.39 is 74.6 Å². The summed E-state index contributed by atoms with van der Waals surface area (Å²) < 4.78 is 21.8. The second-order valence-electron chi connectivity index (χ2n) is 7.80. The number of allylic oxidation sites excluding steroid dienone is 1. The van der Waals surface area contributed by atoms with Crippen molar-refractivity contribution in [3.63, 3.8) is 0 Å². The minimum absolute atomic E-state index is 0.360. The first-order chi connectivity index (χ1) is 15.3. The lowest BCUT2D eigenvalue weighted by molar-refractivity contribution is -0.323. The highest BCUT2D eigenvalue weighted by molar-refractivity contribution is 5.28. The Bertz CT molecular complexity index is 727. The Morgan fingerprint density at radius 1 is 0.781 bits per heavy atom. The maximum Gasteiger partial charge on any atom is 0.229 e. The molecule has 0 radical (unpaired) electrons. The van der Waals surface area contributed by atoms with E-state index in [9.17, 15) is 35.7 Å². The first kappa shape index (κ1) is 25.0. The number of hydrogen-bond donors (Lipinski definition) is 7. The molecule has 1 aromatic rings. The molecule has 2 aliphatic rings. The maximum atomic E-state index is 10.3. The molecule has 0 unspecified atom stereocenters. The molecule has 1 aromatic carbocycles. The van der Waals surface area contributed by atoms with E-state index in [2.05, 4.69) is 6.58 Å². The minimum Gasteiger partial charge on any atom is -0.462 e. The van der Waals surface area contributed by atoms with Gasteiger partial charge in [0.1, 0.15) is 54.6 Å². The van der Waals surface area contributed by atoms with E-state index >= 15 is 0 Å². The summed E-state index contributed by atoms with van der Waals surface area (Å²) in [5.41, 5.74) is 0.999. The van der Waals surface area contributed by atoms with Crippen LogP contribution in [0, 0.1) is 0 Å². The van der Waals surface area contributed by atoms with Crippen LogP contribution in [-0.2, 0) is 20.6 Å². The minimum atomic E-state index is -1.63. The molecule has 0 saturated carbocycles. The molecule has 11 heteroatoms. The van der Waals surface area contributed by atoms with Crippen molar-refractivity contribution < 1.29 is 54.7 Å². The van der Waals surface area contributed by atoms with Gasteiger partial charge in [0.25, 0.3) is 0 Å². The van der Waals surface area contributed by atoms with Gasteiger partial charge in [0.2, 0.25) is 6.29 Å². The number of benzene rings is 1. The van der Waals surface area contributed by atoms with Crippen molar-refractivity contribution in [3.05, 3.63) is 42.5 Å². The summed E-state index contributed by atoms with van der Waals surface area (Å²) in [4.78, 5) is 0. The van der Waals surface area contributed by atoms with E-state index in [-0.39, 0.29) is 0 Å². The Labute approximate surface area is 184 Å². The Balaban J connectivity index is 1.62. The third-order valence-electron chi connectivity index (χ3n) is 5.50. The van der Waals surface area contributed by atoms with Crippen LogP contribution in [-0.4, -0.2) is 110 Å². The van der Waals surface area contributed by atoms with Crippen molar-refractivity contribution in [3.8, 4) is 5.75 Å². The molecule has 0 bridgehead atoms. The molecule has 11 nitrogen and oxygen atoms in total. The van der Waals surface area contributed by atoms with E-state index in [0.717, 1.165) is 5.56 Å². The number of hydrogen-bond acceptors (Lipinski definition) is 11. The second-order valence-corrected chi connectivity index (χ2v) is 7.80. The SMILES string of the molecule is C=CCc1ccc(O[C@H]2O[C@@H](CO[C@@H]3O[C@@H](CO)[C@@H](O)[C@@H](O)[C@H]3O)[C@@H](O)[C@@H](O)[C@@H]2O)cc1. The standard InChI is InChI=1S/C21H30O11/c1-2-3-10-4-6-11(7-5-10)30-21-19(28)17(26)15(24)13(32-21)9-29-20-18(27)16(25)14(23)12(8-22)31-20/h2,4-7,12-28H,1,3,8-9H2/t12-,13-,14+,15+,16+,17+,18+,19-,20+,21-/m0/s1. The zero-order valence-electron chi connectivity index (χ0n) is 17.3. The highest BCUT2D eigenvalue weighted by Crippen LogP contribution is 2.27. The molecule has 32 heavy (non-hydrogen) atoms. The Hall–Kier alpha value is -1.64. The van der Waals surface area contributed by atoms with E-state index in [1.165, 1.54) is 0 Å². The van der Waals surface area contributed by atoms with Gasteiger partial charge < -0.3 is 54.7 Å². The maximum absolute atomic E-state index is 10.3. The Morgan fingerprint density at radius 2 is 1.34 bits per heavy atom. The molecule has 2 heterocycles. The van der Waals surface area contributed by atoms with Gasteiger partial charge in [-0.15, -0.1) is 6.58 Å². The predicted octanol–water partition coefficient (Wildman–Crippen LogP) is -2.58. The average molecular weight is 458 g/mol. The van der Waals surface area contributed by atoms with Gasteiger partial charge in [0.15, 0.2) is 6.29 Å². The van der Waals surface area contributed by atoms with Gasteiger partial charge in [0, 0.05) is 0 Å². The largest absolute Gasteiger partial charge is 0.462 e. The van der Waals surface area contributed by atoms with Crippen LogP contribution in [0.4, 0.5) is 0 Å². The molecule has 3 rings (SSSR count). The van der Waals surface area contributed by atoms with Gasteiger partial charge in [-0.05, 0) is 24.1 Å². The third-order valence-corrected chi connectivity index (χ3v) is 5.50. The van der Waals surface area contributed by atoms with Crippen molar-refractivity contribution in [2.75, 3.05) is 13.2 Å². The molecule has 2 saturated heterocycles. The van der Waals surface area contributed by atoms with Gasteiger partial charge >= 0.3 is 0 Å². The van der Waals surface area contributed by atoms with Crippen LogP contribution >= 0.6 is 0 Å². The van der Waals surface area contributed by atoms with E-state index in [0.29, 0.717) is 12.2 Å². The third kappa shape index (κ3) is 5.46. The van der Waals surface area contributed by atoms with Crippen molar-refractivity contribution in [2.45, 2.75) is 67.8 Å². The zero-order valence-corrected chi connectivity index (χ0v) is 17.3. The molecule has 0 spiro atoms. The summed E-state index contributed by atoms with van der Waals surface area (Å²) in [7, 11) is 0. The first-order valence-corrected chi connectivity index (χ1v) is 10.2. The van der Waals surface area contributed by atoms with Crippen LogP contribution < -0.4 is 4.74 Å². The lowest BCUT2D eigenvalue weighted by Crippen LogP contribution is -2.62. The highest BCUT2D eigenvalue weighted by atomic mass is 16.7. The molecule has 7 N–H and O–H groups in total. The molecule has 0 aliphatic carbocycles. The van der Waals surface area contributed by atoms with Crippen LogP contribution in [0.3, 0.4) is 0 Å². The summed E-state index contributed by atoms with van der Waals surface area (Å²) in [6.45, 7) is 2.62. The number of aliphatic hydroxyl groups excluding tert-OH is 7. The Morgan fingerprint density at radius 3 is 1.94 bits per heavy atom. The molecule has 0 amide bonds. The second kappa shape index (κ2) is 11.0. The first-order valence-electron chi connectivity index (χ1n) is 10.2. The highest BCUT2D eigenvalue weighted by Gasteiger charge is 2.47. The van der Waals surface area contributed by atoms with E-state index in [1.807, 2.05) is 0 Å². The quantitative estimate of drug-likeness (QED) is 0.203. The normalized spacial score (nSPS) is 40.1. The molecule has 0 aromatic heterocycles. The summed E-state index contributed by atoms with van der Waals surface area (Å²) in [5.74, 6) is 0.360. The van der Waals surface area contributed by atoms with Gasteiger partial charge in [-0.1, -0.05) is 18.2 Å². The molecular weight excluding hydrogens is 428 g/mol. The summed E-state index contributed by atoms with van der Waals surface area (Å²) >= 11 is 0. The average Bonchev–Trinajstić information content (AvgIpc) is 2.79. The summed E-state index contributed by atoms with van der Waals surface area (Å²) in [5, 5.41) is 69.7. The Kier molecular flexibility index (Phi) is 8.58. The summed E-state index contributed by atoms with van der Waals surface area (Å²) in [6, 6.07) is 6.92. The van der Waals surface area contributed by atoms with Crippen LogP contribution in [0.2, 0.25) is 0 Å². The predicted molar refractivity (Wildman–Crippen MR) is 107 cm³/mol. The fourth-order valence-corrected chi connectivity index (χ4v) is 3.55. The van der Waals surface area contributed by atoms with Crippen LogP contribution in [0.15, 0.2) is 36.9 Å². The smallest absolute Gasteiger partial charge is 0.229 e. The van der Waals surface area contributed by atoms with Gasteiger partial charge in [0.05, 0.1) is 13.2 Å². The number of aliphatic hydroxyl groups is 7. The van der Waals surface area contributed by atoms with E-state index in [1.54, 1.807) is 30.3 Å². The molecular formula is C21H30O11. The van der Waals surface area contributed by atoms with E-state index in [4.69, 9.17) is 18.9 Å². The molecule has 2 fully saturated rings. The van der Waals surface area contributed by atoms with Crippen LogP contribution in [0.25, 0.3) is 0 Å². The monoisotopic (exact) mass is 458 g/mol.